The Bertz CT molecular complexity index is 499. The Kier molecular flexibility index (Phi) is 3.26. The van der Waals surface area contributed by atoms with Gasteiger partial charge in [0.15, 0.2) is 0 Å². The monoisotopic (exact) mass is 329 g/mol. The molecule has 1 aromatic heterocycles. The molecule has 0 saturated carbocycles. The number of pyridine rings is 1. The van der Waals surface area contributed by atoms with Crippen LogP contribution in [0.1, 0.15) is 5.56 Å². The summed E-state index contributed by atoms with van der Waals surface area (Å²) in [6.07, 6.45) is 1.81. The van der Waals surface area contributed by atoms with Crippen molar-refractivity contribution < 1.29 is 4.74 Å². The molecule has 0 spiro atoms. The van der Waals surface area contributed by atoms with Gasteiger partial charge in [0.1, 0.15) is 5.75 Å². The number of fused-ring (bicyclic) bond motifs is 1. The summed E-state index contributed by atoms with van der Waals surface area (Å²) in [7, 11) is 1.65. The molecule has 2 rings (SSSR count). The number of benzene rings is 1. The van der Waals surface area contributed by atoms with Crippen molar-refractivity contribution in [3.8, 4) is 5.75 Å². The standard InChI is InChI=1S/C11H9Br2NO/c1-15-9-3-2-8-7(6-12)4-5-14-11(8)10(9)13/h2-5H,6H2,1H3. The predicted molar refractivity (Wildman–Crippen MR) is 68.6 cm³/mol. The number of rotatable bonds is 2. The SMILES string of the molecule is COc1ccc2c(CBr)ccnc2c1Br. The van der Waals surface area contributed by atoms with Crippen molar-refractivity contribution in [1.29, 1.82) is 0 Å². The van der Waals surface area contributed by atoms with E-state index in [1.807, 2.05) is 24.4 Å². The molecule has 0 aliphatic rings. The van der Waals surface area contributed by atoms with Gasteiger partial charge in [0.25, 0.3) is 0 Å². The first kappa shape index (κ1) is 10.9. The molecule has 0 bridgehead atoms. The maximum Gasteiger partial charge on any atom is 0.135 e. The van der Waals surface area contributed by atoms with E-state index >= 15 is 0 Å². The zero-order valence-electron chi connectivity index (χ0n) is 8.13. The minimum atomic E-state index is 0.807. The lowest BCUT2D eigenvalue weighted by atomic mass is 10.1. The number of aromatic nitrogens is 1. The van der Waals surface area contributed by atoms with Crippen molar-refractivity contribution in [2.75, 3.05) is 7.11 Å². The van der Waals surface area contributed by atoms with Gasteiger partial charge in [-0.25, -0.2) is 0 Å². The molecule has 0 saturated heterocycles. The smallest absolute Gasteiger partial charge is 0.135 e. The lowest BCUT2D eigenvalue weighted by molar-refractivity contribution is 0.413. The molecular formula is C11H9Br2NO. The fourth-order valence-corrected chi connectivity index (χ4v) is 2.60. The number of hydrogen-bond donors (Lipinski definition) is 0. The molecular weight excluding hydrogens is 322 g/mol. The van der Waals surface area contributed by atoms with Crippen LogP contribution in [0, 0.1) is 0 Å². The number of ether oxygens (including phenoxy) is 1. The molecule has 0 amide bonds. The molecule has 0 unspecified atom stereocenters. The van der Waals surface area contributed by atoms with Gasteiger partial charge < -0.3 is 4.74 Å². The maximum atomic E-state index is 5.23. The summed E-state index contributed by atoms with van der Waals surface area (Å²) in [5.74, 6) is 0.807. The lowest BCUT2D eigenvalue weighted by Crippen LogP contribution is -1.90. The van der Waals surface area contributed by atoms with Crippen LogP contribution in [0.4, 0.5) is 0 Å². The van der Waals surface area contributed by atoms with Gasteiger partial charge in [-0.2, -0.15) is 0 Å². The number of methoxy groups -OCH3 is 1. The quantitative estimate of drug-likeness (QED) is 0.779. The lowest BCUT2D eigenvalue weighted by Gasteiger charge is -2.08. The molecule has 4 heteroatoms. The molecule has 78 valence electrons. The van der Waals surface area contributed by atoms with Gasteiger partial charge in [-0.15, -0.1) is 0 Å². The second-order valence-electron chi connectivity index (χ2n) is 3.08. The predicted octanol–water partition coefficient (Wildman–Crippen LogP) is 3.90. The third kappa shape index (κ3) is 1.88. The Balaban J connectivity index is 2.78. The minimum Gasteiger partial charge on any atom is -0.495 e. The molecule has 0 fully saturated rings. The molecule has 2 aromatic rings. The Labute approximate surface area is 105 Å². The van der Waals surface area contributed by atoms with E-state index in [9.17, 15) is 0 Å². The Hall–Kier alpha value is -0.610. The van der Waals surface area contributed by atoms with Crippen molar-refractivity contribution in [2.45, 2.75) is 5.33 Å². The molecule has 15 heavy (non-hydrogen) atoms. The van der Waals surface area contributed by atoms with Crippen LogP contribution in [0.5, 0.6) is 5.75 Å². The maximum absolute atomic E-state index is 5.23. The number of hydrogen-bond acceptors (Lipinski definition) is 2. The highest BCUT2D eigenvalue weighted by molar-refractivity contribution is 9.10. The zero-order chi connectivity index (χ0) is 10.8. The summed E-state index contributed by atoms with van der Waals surface area (Å²) in [5, 5.41) is 1.96. The zero-order valence-corrected chi connectivity index (χ0v) is 11.3. The van der Waals surface area contributed by atoms with Crippen LogP contribution in [-0.2, 0) is 5.33 Å². The summed E-state index contributed by atoms with van der Waals surface area (Å²) >= 11 is 6.97. The molecule has 0 radical (unpaired) electrons. The van der Waals surface area contributed by atoms with Gasteiger partial charge in [-0.1, -0.05) is 15.9 Å². The summed E-state index contributed by atoms with van der Waals surface area (Å²) in [4.78, 5) is 4.35. The fraction of sp³-hybridized carbons (Fsp3) is 0.182. The normalized spacial score (nSPS) is 10.6. The summed E-state index contributed by atoms with van der Waals surface area (Å²) in [5.41, 5.74) is 2.16. The number of alkyl halides is 1. The number of nitrogens with zero attached hydrogens (tertiary/aromatic N) is 1. The third-order valence-electron chi connectivity index (χ3n) is 2.27. The van der Waals surface area contributed by atoms with Crippen molar-refractivity contribution in [2.24, 2.45) is 0 Å². The fourth-order valence-electron chi connectivity index (χ4n) is 1.50. The second kappa shape index (κ2) is 4.49. The topological polar surface area (TPSA) is 22.1 Å². The highest BCUT2D eigenvalue weighted by Crippen LogP contribution is 2.33. The molecule has 1 aromatic carbocycles. The summed E-state index contributed by atoms with van der Waals surface area (Å²) in [6.45, 7) is 0. The molecule has 0 aliphatic carbocycles. The third-order valence-corrected chi connectivity index (χ3v) is 3.64. The Morgan fingerprint density at radius 1 is 1.33 bits per heavy atom. The van der Waals surface area contributed by atoms with Crippen LogP contribution in [0.25, 0.3) is 10.9 Å². The van der Waals surface area contributed by atoms with E-state index in [0.717, 1.165) is 26.5 Å². The van der Waals surface area contributed by atoms with Crippen molar-refractivity contribution in [1.82, 2.24) is 4.98 Å². The first-order valence-corrected chi connectivity index (χ1v) is 6.35. The first-order chi connectivity index (χ1) is 7.27. The van der Waals surface area contributed by atoms with Gasteiger partial charge >= 0.3 is 0 Å². The van der Waals surface area contributed by atoms with Crippen LogP contribution in [0.2, 0.25) is 0 Å². The van der Waals surface area contributed by atoms with Gasteiger partial charge in [0, 0.05) is 16.9 Å². The number of halogens is 2. The average molecular weight is 331 g/mol. The van der Waals surface area contributed by atoms with E-state index in [1.54, 1.807) is 7.11 Å². The van der Waals surface area contributed by atoms with Crippen LogP contribution in [0.15, 0.2) is 28.9 Å². The van der Waals surface area contributed by atoms with E-state index in [2.05, 4.69) is 36.8 Å². The highest BCUT2D eigenvalue weighted by Gasteiger charge is 2.08. The van der Waals surface area contributed by atoms with Crippen molar-refractivity contribution in [3.05, 3.63) is 34.4 Å². The summed E-state index contributed by atoms with van der Waals surface area (Å²) < 4.78 is 6.14. The van der Waals surface area contributed by atoms with Crippen LogP contribution in [-0.4, -0.2) is 12.1 Å². The van der Waals surface area contributed by atoms with Gasteiger partial charge in [0.05, 0.1) is 17.1 Å². The molecule has 2 nitrogen and oxygen atoms in total. The van der Waals surface area contributed by atoms with Gasteiger partial charge in [-0.3, -0.25) is 4.98 Å². The van der Waals surface area contributed by atoms with Crippen LogP contribution in [0.3, 0.4) is 0 Å². The molecule has 0 atom stereocenters. The van der Waals surface area contributed by atoms with Crippen molar-refractivity contribution in [3.63, 3.8) is 0 Å². The van der Waals surface area contributed by atoms with E-state index in [4.69, 9.17) is 4.74 Å². The minimum absolute atomic E-state index is 0.807. The Morgan fingerprint density at radius 2 is 2.13 bits per heavy atom. The second-order valence-corrected chi connectivity index (χ2v) is 4.44. The largest absolute Gasteiger partial charge is 0.495 e. The van der Waals surface area contributed by atoms with Gasteiger partial charge in [0.2, 0.25) is 0 Å². The van der Waals surface area contributed by atoms with E-state index in [0.29, 0.717) is 0 Å². The molecule has 0 N–H and O–H groups in total. The summed E-state index contributed by atoms with van der Waals surface area (Å²) in [6, 6.07) is 5.98. The first-order valence-electron chi connectivity index (χ1n) is 4.44. The van der Waals surface area contributed by atoms with E-state index in [1.165, 1.54) is 5.56 Å². The van der Waals surface area contributed by atoms with Gasteiger partial charge in [-0.05, 0) is 39.7 Å². The highest BCUT2D eigenvalue weighted by atomic mass is 79.9. The molecule has 0 aliphatic heterocycles. The van der Waals surface area contributed by atoms with E-state index in [-0.39, 0.29) is 0 Å². The van der Waals surface area contributed by atoms with Crippen LogP contribution < -0.4 is 4.74 Å². The van der Waals surface area contributed by atoms with Crippen molar-refractivity contribution >= 4 is 42.8 Å². The Morgan fingerprint density at radius 3 is 2.80 bits per heavy atom. The average Bonchev–Trinajstić information content (AvgIpc) is 2.29. The van der Waals surface area contributed by atoms with Crippen LogP contribution >= 0.6 is 31.9 Å². The van der Waals surface area contributed by atoms with E-state index < -0.39 is 0 Å². The molecule has 1 heterocycles.